The molecule has 0 unspecified atom stereocenters. The van der Waals surface area contributed by atoms with E-state index < -0.39 is 87.4 Å². The first-order chi connectivity index (χ1) is 53.0. The van der Waals surface area contributed by atoms with Gasteiger partial charge in [-0.25, -0.2) is 33.7 Å². The maximum absolute atomic E-state index is 14.0. The largest absolute Gasteiger partial charge is 0.370 e. The molecule has 2 heterocycles. The minimum Gasteiger partial charge on any atom is -0.370 e. The lowest BCUT2D eigenvalue weighted by molar-refractivity contribution is -0.119. The molecule has 2 aromatic heterocycles. The number of aromatic nitrogens is 6. The quantitative estimate of drug-likeness (QED) is 0.0241. The summed E-state index contributed by atoms with van der Waals surface area (Å²) in [6.07, 6.45) is 0.762. The highest BCUT2D eigenvalue weighted by molar-refractivity contribution is 7.90. The molecule has 0 aliphatic carbocycles. The second-order valence-electron chi connectivity index (χ2n) is 24.4. The van der Waals surface area contributed by atoms with Crippen molar-refractivity contribution < 1.29 is 72.0 Å². The Labute approximate surface area is 642 Å². The number of carbonyl (C=O) groups excluding carboxylic acids is 8. The van der Waals surface area contributed by atoms with Gasteiger partial charge in [0.2, 0.25) is 123 Å². The number of sulfonamides is 4. The second kappa shape index (κ2) is 38.6. The molecule has 592 valence electrons. The minimum atomic E-state index is -4.39. The van der Waals surface area contributed by atoms with E-state index in [1.54, 1.807) is 48.5 Å². The Bertz CT molecular complexity index is 4660. The van der Waals surface area contributed by atoms with E-state index in [9.17, 15) is 72.0 Å². The molecule has 22 N–H and O–H groups in total. The van der Waals surface area contributed by atoms with E-state index in [-0.39, 0.29) is 182 Å². The molecule has 0 bridgehead atoms. The predicted octanol–water partition coefficient (Wildman–Crippen LogP) is 1.65. The zero-order valence-electron chi connectivity index (χ0n) is 59.6. The van der Waals surface area contributed by atoms with Crippen LogP contribution in [0, 0.1) is 0 Å². The van der Waals surface area contributed by atoms with Crippen LogP contribution < -0.4 is 77.8 Å². The third-order valence-electron chi connectivity index (χ3n) is 15.8. The molecule has 8 aromatic rings. The van der Waals surface area contributed by atoms with E-state index >= 15 is 0 Å². The molecular weight excluding hydrogens is 1540 g/mol. The van der Waals surface area contributed by atoms with Crippen LogP contribution in [0.25, 0.3) is 12.2 Å². The van der Waals surface area contributed by atoms with Gasteiger partial charge in [0.1, 0.15) is 0 Å². The van der Waals surface area contributed by atoms with Crippen molar-refractivity contribution in [1.29, 1.82) is 0 Å². The van der Waals surface area contributed by atoms with Crippen LogP contribution in [0.15, 0.2) is 165 Å². The molecule has 0 aliphatic rings. The van der Waals surface area contributed by atoms with Crippen LogP contribution in [0.3, 0.4) is 0 Å². The van der Waals surface area contributed by atoms with Gasteiger partial charge in [0.15, 0.2) is 0 Å². The van der Waals surface area contributed by atoms with Crippen LogP contribution in [0.1, 0.15) is 62.5 Å². The van der Waals surface area contributed by atoms with Gasteiger partial charge in [0.25, 0.3) is 0 Å². The van der Waals surface area contributed by atoms with Crippen molar-refractivity contribution in [1.82, 2.24) is 47.1 Å². The van der Waals surface area contributed by atoms with E-state index in [1.807, 2.05) is 12.2 Å². The van der Waals surface area contributed by atoms with Gasteiger partial charge in [-0.15, -0.1) is 0 Å². The molecule has 0 spiro atoms. The molecule has 6 aromatic carbocycles. The van der Waals surface area contributed by atoms with Gasteiger partial charge < -0.3 is 77.8 Å². The lowest BCUT2D eigenvalue weighted by Gasteiger charge is -2.21. The first kappa shape index (κ1) is 84.9. The first-order valence-corrected chi connectivity index (χ1v) is 39.5. The van der Waals surface area contributed by atoms with Crippen LogP contribution >= 0.6 is 0 Å². The third kappa shape index (κ3) is 25.4. The Morgan fingerprint density at radius 3 is 0.598 bits per heavy atom. The van der Waals surface area contributed by atoms with E-state index in [4.69, 9.17) is 45.9 Å². The number of anilines is 12. The normalized spacial score (nSPS) is 11.9. The number of rotatable bonds is 46. The molecule has 40 nitrogen and oxygen atoms in total. The van der Waals surface area contributed by atoms with Crippen molar-refractivity contribution in [3.63, 3.8) is 0 Å². The average Bonchev–Trinajstić information content (AvgIpc) is 0.812. The summed E-state index contributed by atoms with van der Waals surface area (Å²) in [5, 5.41) is 18.1. The van der Waals surface area contributed by atoms with Crippen molar-refractivity contribution >= 4 is 169 Å². The summed E-state index contributed by atoms with van der Waals surface area (Å²) in [7, 11) is -17.5. The topological polar surface area (TPSA) is 644 Å². The summed E-state index contributed by atoms with van der Waals surface area (Å²) in [5.41, 5.74) is 45.6. The summed E-state index contributed by atoms with van der Waals surface area (Å²) in [4.78, 5) is 120. The van der Waals surface area contributed by atoms with Gasteiger partial charge in [-0.3, -0.25) is 38.4 Å². The molecule has 8 amide bonds. The average molecular weight is 1620 g/mol. The molecule has 0 saturated heterocycles. The van der Waals surface area contributed by atoms with Crippen LogP contribution in [0.2, 0.25) is 0 Å². The van der Waals surface area contributed by atoms with Gasteiger partial charge in [-0.1, -0.05) is 60.7 Å². The van der Waals surface area contributed by atoms with Gasteiger partial charge in [0, 0.05) is 138 Å². The van der Waals surface area contributed by atoms with Crippen molar-refractivity contribution in [2.45, 2.75) is 70.9 Å². The van der Waals surface area contributed by atoms with Gasteiger partial charge in [0.05, 0.1) is 19.6 Å². The number of hydrogen-bond acceptors (Lipinski definition) is 28. The number of carbonyl (C=O) groups is 8. The highest BCUT2D eigenvalue weighted by Gasteiger charge is 2.31. The Balaban J connectivity index is 1.06. The maximum Gasteiger partial charge on any atom is 0.243 e. The Kier molecular flexibility index (Phi) is 29.2. The summed E-state index contributed by atoms with van der Waals surface area (Å²) < 4.78 is 115. The van der Waals surface area contributed by atoms with Crippen molar-refractivity contribution in [3.05, 3.63) is 157 Å². The SMILES string of the molecule is NC(=O)CCN(CCC(N)=O)S(=O)(=O)c1cccc(Nc2nc(Nc3ccc(/C=C/c4ccc(Nc5nc(Nc6cccc(S(=O)(=O)N(CCC(N)=O)CCC(N)=O)c6)nc(Nc6cccc(S(=O)(=O)N(CCC(N)=O)CCC(N)=O)c6)n5)cc4)cc3)nc(Nc3cccc(S(=O)(=O)N(CCC(N)=O)CCC(N)=O)c3)n2)c1. The van der Waals surface area contributed by atoms with E-state index in [1.165, 1.54) is 97.1 Å². The highest BCUT2D eigenvalue weighted by Crippen LogP contribution is 2.30. The van der Waals surface area contributed by atoms with E-state index in [2.05, 4.69) is 61.8 Å². The fourth-order valence-electron chi connectivity index (χ4n) is 10.2. The van der Waals surface area contributed by atoms with E-state index in [0.717, 1.165) is 17.2 Å². The van der Waals surface area contributed by atoms with E-state index in [0.29, 0.717) is 22.5 Å². The molecule has 0 radical (unpaired) electrons. The summed E-state index contributed by atoms with van der Waals surface area (Å²) in [5.74, 6) is -7.14. The molecule has 0 saturated carbocycles. The molecule has 8 rings (SSSR count). The standard InChI is InChI=1S/C68H80N24O16S4/c69-55(93)23-31-89(32-24-56(70)94)109(101,102)51-9-1-5-47(39-51)79-65-83-63(84-66(87-65)80-48-6-2-10-52(40-48)110(103,104)90(33-25-57(71)95)34-26-58(72)96)77-45-19-15-43(16-20-45)13-14-44-17-21-46(22-18-44)78-64-85-67(81-49-7-3-11-53(41-49)111(105,106)91(35-27-59(73)97)36-28-60(74)98)88-68(86-64)82-50-8-4-12-54(42-50)112(107,108)92(37-29-61(75)99)38-30-62(76)100/h1-22,39-42H,23-38H2,(H2,69,93)(H2,70,94)(H2,71,95)(H2,72,96)(H2,73,97)(H2,74,98)(H2,75,99)(H2,76,100)(H3,77,79,80,83,84,87)(H3,78,81,82,85,86,88)/b14-13+. The van der Waals surface area contributed by atoms with Crippen molar-refractivity contribution in [2.24, 2.45) is 45.9 Å². The van der Waals surface area contributed by atoms with Crippen molar-refractivity contribution in [2.75, 3.05) is 84.3 Å². The molecule has 44 heteroatoms. The monoisotopic (exact) mass is 1620 g/mol. The summed E-state index contributed by atoms with van der Waals surface area (Å²) in [6.45, 7) is -2.83. The third-order valence-corrected chi connectivity index (χ3v) is 23.4. The molecule has 112 heavy (non-hydrogen) atoms. The lowest BCUT2D eigenvalue weighted by Crippen LogP contribution is -2.36. The van der Waals surface area contributed by atoms with Crippen LogP contribution in [0.5, 0.6) is 0 Å². The highest BCUT2D eigenvalue weighted by atomic mass is 32.2. The molecule has 0 atom stereocenters. The Morgan fingerprint density at radius 1 is 0.259 bits per heavy atom. The zero-order chi connectivity index (χ0) is 81.5. The fraction of sp³-hybridized carbons (Fsp3) is 0.235. The van der Waals surface area contributed by atoms with Gasteiger partial charge in [-0.05, 0) is 108 Å². The second-order valence-corrected chi connectivity index (χ2v) is 32.1. The lowest BCUT2D eigenvalue weighted by atomic mass is 10.1. The van der Waals surface area contributed by atoms with Gasteiger partial charge >= 0.3 is 0 Å². The number of hydrogen-bond donors (Lipinski definition) is 14. The number of nitrogens with one attached hydrogen (secondary N) is 6. The van der Waals surface area contributed by atoms with Crippen LogP contribution in [-0.2, 0) is 78.4 Å². The van der Waals surface area contributed by atoms with Gasteiger partial charge in [-0.2, -0.15) is 47.1 Å². The predicted molar refractivity (Wildman–Crippen MR) is 412 cm³/mol. The Hall–Kier alpha value is -12.7. The molecular formula is C68H80N24O16S4. The number of nitrogens with two attached hydrogens (primary N) is 8. The molecule has 0 fully saturated rings. The maximum atomic E-state index is 14.0. The summed E-state index contributed by atoms with van der Waals surface area (Å²) in [6, 6.07) is 35.7. The summed E-state index contributed by atoms with van der Waals surface area (Å²) >= 11 is 0. The smallest absolute Gasteiger partial charge is 0.243 e. The number of primary amides is 8. The minimum absolute atomic E-state index is 0.0859. The number of nitrogens with zero attached hydrogens (tertiary/aromatic N) is 10. The van der Waals surface area contributed by atoms with Crippen LogP contribution in [0.4, 0.5) is 69.8 Å². The zero-order valence-corrected chi connectivity index (χ0v) is 62.8. The first-order valence-electron chi connectivity index (χ1n) is 33.7. The Morgan fingerprint density at radius 2 is 0.429 bits per heavy atom. The van der Waals surface area contributed by atoms with Crippen LogP contribution in [-0.4, -0.2) is 180 Å². The number of benzene rings is 6. The molecule has 0 aliphatic heterocycles. The van der Waals surface area contributed by atoms with Crippen molar-refractivity contribution in [3.8, 4) is 0 Å². The fourth-order valence-corrected chi connectivity index (χ4v) is 16.2. The number of amides is 8.